The van der Waals surface area contributed by atoms with Gasteiger partial charge in [0.2, 0.25) is 11.8 Å². The summed E-state index contributed by atoms with van der Waals surface area (Å²) in [5, 5.41) is 3.42. The van der Waals surface area contributed by atoms with E-state index in [2.05, 4.69) is 5.32 Å². The smallest absolute Gasteiger partial charge is 0.227 e. The molecule has 0 saturated carbocycles. The Morgan fingerprint density at radius 3 is 2.72 bits per heavy atom. The topological polar surface area (TPSA) is 79.6 Å². The van der Waals surface area contributed by atoms with Crippen LogP contribution in [0.4, 0.5) is 11.4 Å². The highest BCUT2D eigenvalue weighted by atomic mass is 16.3. The Hall–Kier alpha value is -3.41. The van der Waals surface area contributed by atoms with Crippen LogP contribution in [0, 0.1) is 6.92 Å². The summed E-state index contributed by atoms with van der Waals surface area (Å²) in [6.45, 7) is 2.64. The van der Waals surface area contributed by atoms with Crippen molar-refractivity contribution in [2.75, 3.05) is 16.8 Å². The summed E-state index contributed by atoms with van der Waals surface area (Å²) in [6, 6.07) is 11.0. The second-order valence-electron chi connectivity index (χ2n) is 7.70. The van der Waals surface area contributed by atoms with Crippen molar-refractivity contribution in [3.05, 3.63) is 69.6 Å². The van der Waals surface area contributed by atoms with Crippen molar-refractivity contribution >= 4 is 34.2 Å². The summed E-state index contributed by atoms with van der Waals surface area (Å²) in [6.07, 6.45) is 3.04. The Kier molecular flexibility index (Phi) is 4.01. The van der Waals surface area contributed by atoms with Crippen molar-refractivity contribution in [1.29, 1.82) is 0 Å². The van der Waals surface area contributed by atoms with Crippen molar-refractivity contribution in [3.63, 3.8) is 0 Å². The molecule has 0 radical (unpaired) electrons. The summed E-state index contributed by atoms with van der Waals surface area (Å²) in [4.78, 5) is 39.5. The highest BCUT2D eigenvalue weighted by molar-refractivity contribution is 6.00. The monoisotopic (exact) mass is 388 g/mol. The molecule has 29 heavy (non-hydrogen) atoms. The predicted octanol–water partition coefficient (Wildman–Crippen LogP) is 3.70. The Morgan fingerprint density at radius 2 is 1.93 bits per heavy atom. The fraction of sp³-hybridized carbons (Fsp3) is 0.261. The first-order chi connectivity index (χ1) is 14.0. The fourth-order valence-electron chi connectivity index (χ4n) is 4.42. The van der Waals surface area contributed by atoms with Crippen LogP contribution in [0.1, 0.15) is 41.9 Å². The molecule has 0 spiro atoms. The van der Waals surface area contributed by atoms with E-state index in [9.17, 15) is 14.4 Å². The minimum atomic E-state index is -0.387. The van der Waals surface area contributed by atoms with Gasteiger partial charge in [-0.2, -0.15) is 0 Å². The first kappa shape index (κ1) is 17.7. The van der Waals surface area contributed by atoms with E-state index >= 15 is 0 Å². The molecule has 1 aromatic heterocycles. The van der Waals surface area contributed by atoms with E-state index in [1.54, 1.807) is 23.1 Å². The van der Waals surface area contributed by atoms with E-state index in [0.29, 0.717) is 35.2 Å². The zero-order chi connectivity index (χ0) is 20.1. The highest BCUT2D eigenvalue weighted by Gasteiger charge is 2.32. The highest BCUT2D eigenvalue weighted by Crippen LogP contribution is 2.40. The Labute approximate surface area is 167 Å². The van der Waals surface area contributed by atoms with E-state index in [1.165, 1.54) is 6.26 Å². The summed E-state index contributed by atoms with van der Waals surface area (Å²) >= 11 is 0. The van der Waals surface area contributed by atoms with Crippen LogP contribution in [0.15, 0.2) is 51.9 Å². The molecule has 2 amide bonds. The molecule has 2 aromatic carbocycles. The standard InChI is InChI=1S/C23H20N2O4/c1-13-9-16-15(17-12-29-20-6-3-2-5-14(20)23(17)28)10-21(26)24-18(16)11-19(13)25-8-4-7-22(25)27/h2-3,5-6,9,11-12,15H,4,7-8,10H2,1H3,(H,24,26)/t15-/m1/s1. The van der Waals surface area contributed by atoms with Crippen LogP contribution in [-0.2, 0) is 9.59 Å². The SMILES string of the molecule is Cc1cc2c(cc1N1CCCC1=O)NC(=O)C[C@H]2c1coc2ccccc2c1=O. The third-order valence-corrected chi connectivity index (χ3v) is 5.85. The second kappa shape index (κ2) is 6.58. The molecule has 1 fully saturated rings. The molecule has 1 N–H and O–H groups in total. The molecular formula is C23H20N2O4. The molecule has 0 bridgehead atoms. The molecule has 6 heteroatoms. The molecule has 0 aliphatic carbocycles. The number of aryl methyl sites for hydroxylation is 1. The van der Waals surface area contributed by atoms with Crippen LogP contribution in [0.2, 0.25) is 0 Å². The number of benzene rings is 2. The minimum absolute atomic E-state index is 0.0990. The average Bonchev–Trinajstić information content (AvgIpc) is 3.14. The van der Waals surface area contributed by atoms with Crippen LogP contribution in [0.3, 0.4) is 0 Å². The van der Waals surface area contributed by atoms with Crippen molar-refractivity contribution < 1.29 is 14.0 Å². The molecule has 146 valence electrons. The maximum absolute atomic E-state index is 13.1. The van der Waals surface area contributed by atoms with E-state index in [-0.39, 0.29) is 29.6 Å². The summed E-state index contributed by atoms with van der Waals surface area (Å²) in [5.74, 6) is -0.443. The lowest BCUT2D eigenvalue weighted by molar-refractivity contribution is -0.117. The molecule has 1 atom stereocenters. The van der Waals surface area contributed by atoms with Gasteiger partial charge in [-0.1, -0.05) is 18.2 Å². The Morgan fingerprint density at radius 1 is 1.10 bits per heavy atom. The number of nitrogens with zero attached hydrogens (tertiary/aromatic N) is 1. The summed E-state index contributed by atoms with van der Waals surface area (Å²) in [5.41, 5.74) is 4.18. The summed E-state index contributed by atoms with van der Waals surface area (Å²) < 4.78 is 5.69. The van der Waals surface area contributed by atoms with Gasteiger partial charge in [0.15, 0.2) is 5.43 Å². The lowest BCUT2D eigenvalue weighted by atomic mass is 9.84. The zero-order valence-electron chi connectivity index (χ0n) is 16.0. The number of fused-ring (bicyclic) bond motifs is 2. The fourth-order valence-corrected chi connectivity index (χ4v) is 4.42. The van der Waals surface area contributed by atoms with Gasteiger partial charge in [-0.05, 0) is 42.7 Å². The van der Waals surface area contributed by atoms with E-state index in [4.69, 9.17) is 4.42 Å². The van der Waals surface area contributed by atoms with Crippen LogP contribution in [0.5, 0.6) is 0 Å². The lowest BCUT2D eigenvalue weighted by Gasteiger charge is -2.28. The molecule has 6 nitrogen and oxygen atoms in total. The number of carbonyl (C=O) groups is 2. The quantitative estimate of drug-likeness (QED) is 0.726. The molecule has 2 aliphatic rings. The van der Waals surface area contributed by atoms with Gasteiger partial charge >= 0.3 is 0 Å². The number of amides is 2. The van der Waals surface area contributed by atoms with Gasteiger partial charge in [0.25, 0.3) is 0 Å². The number of para-hydroxylation sites is 1. The number of rotatable bonds is 2. The van der Waals surface area contributed by atoms with Crippen molar-refractivity contribution in [2.24, 2.45) is 0 Å². The van der Waals surface area contributed by atoms with Crippen LogP contribution < -0.4 is 15.6 Å². The molecule has 1 saturated heterocycles. The normalized spacial score (nSPS) is 18.8. The first-order valence-electron chi connectivity index (χ1n) is 9.78. The Bertz CT molecular complexity index is 1230. The Balaban J connectivity index is 1.65. The molecule has 3 aromatic rings. The maximum Gasteiger partial charge on any atom is 0.227 e. The van der Waals surface area contributed by atoms with Gasteiger partial charge in [-0.25, -0.2) is 0 Å². The van der Waals surface area contributed by atoms with Crippen molar-refractivity contribution in [2.45, 2.75) is 32.1 Å². The number of hydrogen-bond acceptors (Lipinski definition) is 4. The van der Waals surface area contributed by atoms with E-state index < -0.39 is 0 Å². The number of nitrogens with one attached hydrogen (secondary N) is 1. The average molecular weight is 388 g/mol. The van der Waals surface area contributed by atoms with Crippen LogP contribution in [0.25, 0.3) is 11.0 Å². The molecule has 2 aliphatic heterocycles. The van der Waals surface area contributed by atoms with Gasteiger partial charge in [-0.15, -0.1) is 0 Å². The minimum Gasteiger partial charge on any atom is -0.464 e. The first-order valence-corrected chi connectivity index (χ1v) is 9.78. The van der Waals surface area contributed by atoms with E-state index in [1.807, 2.05) is 25.1 Å². The number of carbonyl (C=O) groups excluding carboxylic acids is 2. The van der Waals surface area contributed by atoms with Gasteiger partial charge in [0, 0.05) is 42.2 Å². The van der Waals surface area contributed by atoms with Gasteiger partial charge in [-0.3, -0.25) is 14.4 Å². The number of hydrogen-bond donors (Lipinski definition) is 1. The lowest BCUT2D eigenvalue weighted by Crippen LogP contribution is -2.28. The summed E-state index contributed by atoms with van der Waals surface area (Å²) in [7, 11) is 0. The molecule has 3 heterocycles. The number of anilines is 2. The van der Waals surface area contributed by atoms with Crippen LogP contribution in [-0.4, -0.2) is 18.4 Å². The molecule has 0 unspecified atom stereocenters. The predicted molar refractivity (Wildman–Crippen MR) is 110 cm³/mol. The van der Waals surface area contributed by atoms with Crippen molar-refractivity contribution in [1.82, 2.24) is 0 Å². The van der Waals surface area contributed by atoms with Gasteiger partial charge < -0.3 is 14.6 Å². The largest absolute Gasteiger partial charge is 0.464 e. The molecular weight excluding hydrogens is 368 g/mol. The van der Waals surface area contributed by atoms with Gasteiger partial charge in [0.1, 0.15) is 5.58 Å². The molecule has 5 rings (SSSR count). The van der Waals surface area contributed by atoms with Gasteiger partial charge in [0.05, 0.1) is 11.6 Å². The second-order valence-corrected chi connectivity index (χ2v) is 7.70. The van der Waals surface area contributed by atoms with Crippen LogP contribution >= 0.6 is 0 Å². The maximum atomic E-state index is 13.1. The van der Waals surface area contributed by atoms with E-state index in [0.717, 1.165) is 23.2 Å². The third-order valence-electron chi connectivity index (χ3n) is 5.85. The zero-order valence-corrected chi connectivity index (χ0v) is 16.0. The van der Waals surface area contributed by atoms with Crippen molar-refractivity contribution in [3.8, 4) is 0 Å². The third kappa shape index (κ3) is 2.83.